The van der Waals surface area contributed by atoms with Crippen LogP contribution in [0.2, 0.25) is 0 Å². The molecule has 0 atom stereocenters. The standard InChI is InChI=1S/C10H12N4O/c1-2-5-15-10(14-7-11)8-3-4-9(12)13-6-8/h3-4,6H,2,5H2,1H3,(H2,12,13)/b14-10-. The lowest BCUT2D eigenvalue weighted by molar-refractivity contribution is 0.306. The molecule has 0 saturated carbocycles. The molecule has 0 amide bonds. The Labute approximate surface area is 88.2 Å². The van der Waals surface area contributed by atoms with Crippen LogP contribution in [0.4, 0.5) is 5.82 Å². The van der Waals surface area contributed by atoms with Crippen molar-refractivity contribution in [3.63, 3.8) is 0 Å². The Balaban J connectivity index is 2.86. The van der Waals surface area contributed by atoms with Crippen LogP contribution < -0.4 is 5.73 Å². The molecule has 0 aliphatic carbocycles. The van der Waals surface area contributed by atoms with E-state index in [0.29, 0.717) is 18.0 Å². The number of aromatic nitrogens is 1. The smallest absolute Gasteiger partial charge is 0.233 e. The highest BCUT2D eigenvalue weighted by Gasteiger charge is 2.04. The van der Waals surface area contributed by atoms with Gasteiger partial charge in [0.25, 0.3) is 0 Å². The van der Waals surface area contributed by atoms with Gasteiger partial charge in [0.15, 0.2) is 0 Å². The van der Waals surface area contributed by atoms with Crippen molar-refractivity contribution in [2.24, 2.45) is 4.99 Å². The molecule has 0 aliphatic heterocycles. The van der Waals surface area contributed by atoms with E-state index >= 15 is 0 Å². The van der Waals surface area contributed by atoms with Crippen LogP contribution in [0.3, 0.4) is 0 Å². The van der Waals surface area contributed by atoms with Crippen molar-refractivity contribution in [1.29, 1.82) is 5.26 Å². The fourth-order valence-electron chi connectivity index (χ4n) is 0.956. The van der Waals surface area contributed by atoms with Gasteiger partial charge in [0, 0.05) is 6.20 Å². The van der Waals surface area contributed by atoms with E-state index in [0.717, 1.165) is 6.42 Å². The molecule has 0 fully saturated rings. The number of nitrogens with two attached hydrogens (primary N) is 1. The van der Waals surface area contributed by atoms with Gasteiger partial charge < -0.3 is 10.5 Å². The molecule has 0 radical (unpaired) electrons. The monoisotopic (exact) mass is 204 g/mol. The van der Waals surface area contributed by atoms with Gasteiger partial charge in [-0.2, -0.15) is 5.26 Å². The van der Waals surface area contributed by atoms with E-state index in [-0.39, 0.29) is 5.90 Å². The molecule has 0 aromatic carbocycles. The van der Waals surface area contributed by atoms with E-state index < -0.39 is 0 Å². The van der Waals surface area contributed by atoms with Crippen molar-refractivity contribution in [1.82, 2.24) is 4.98 Å². The predicted octanol–water partition coefficient (Wildman–Crippen LogP) is 1.32. The maximum absolute atomic E-state index is 8.49. The summed E-state index contributed by atoms with van der Waals surface area (Å²) in [5.41, 5.74) is 6.10. The van der Waals surface area contributed by atoms with Gasteiger partial charge in [-0.05, 0) is 18.6 Å². The Kier molecular flexibility index (Phi) is 4.10. The summed E-state index contributed by atoms with van der Waals surface area (Å²) in [6, 6.07) is 3.35. The van der Waals surface area contributed by atoms with Gasteiger partial charge in [0.1, 0.15) is 5.82 Å². The summed E-state index contributed by atoms with van der Waals surface area (Å²) >= 11 is 0. The summed E-state index contributed by atoms with van der Waals surface area (Å²) < 4.78 is 5.30. The first-order valence-corrected chi connectivity index (χ1v) is 4.59. The summed E-state index contributed by atoms with van der Waals surface area (Å²) in [5, 5.41) is 8.49. The van der Waals surface area contributed by atoms with Gasteiger partial charge in [-0.1, -0.05) is 6.92 Å². The number of hydrogen-bond acceptors (Lipinski definition) is 5. The van der Waals surface area contributed by atoms with E-state index in [1.54, 1.807) is 18.3 Å². The molecule has 78 valence electrons. The van der Waals surface area contributed by atoms with Crippen molar-refractivity contribution in [3.8, 4) is 6.19 Å². The molecule has 5 heteroatoms. The van der Waals surface area contributed by atoms with Crippen molar-refractivity contribution in [2.75, 3.05) is 12.3 Å². The molecule has 1 heterocycles. The van der Waals surface area contributed by atoms with Gasteiger partial charge in [0.05, 0.1) is 12.2 Å². The Morgan fingerprint density at radius 2 is 2.47 bits per heavy atom. The van der Waals surface area contributed by atoms with Crippen LogP contribution in [-0.4, -0.2) is 17.5 Å². The number of nitriles is 1. The van der Waals surface area contributed by atoms with Crippen LogP contribution in [0.15, 0.2) is 23.3 Å². The van der Waals surface area contributed by atoms with E-state index in [4.69, 9.17) is 15.7 Å². The maximum atomic E-state index is 8.49. The molecule has 5 nitrogen and oxygen atoms in total. The zero-order chi connectivity index (χ0) is 11.1. The number of ether oxygens (including phenoxy) is 1. The quantitative estimate of drug-likeness (QED) is 0.457. The van der Waals surface area contributed by atoms with Gasteiger partial charge in [-0.15, -0.1) is 4.99 Å². The minimum atomic E-state index is 0.284. The number of aliphatic imine (C=N–C) groups is 1. The molecular weight excluding hydrogens is 192 g/mol. The fourth-order valence-corrected chi connectivity index (χ4v) is 0.956. The topological polar surface area (TPSA) is 84.3 Å². The molecule has 0 saturated heterocycles. The zero-order valence-corrected chi connectivity index (χ0v) is 8.47. The van der Waals surface area contributed by atoms with Gasteiger partial charge in [-0.3, -0.25) is 0 Å². The summed E-state index contributed by atoms with van der Waals surface area (Å²) in [5.74, 6) is 0.706. The number of rotatable bonds is 3. The van der Waals surface area contributed by atoms with Crippen LogP contribution in [-0.2, 0) is 4.74 Å². The number of hydrogen-bond donors (Lipinski definition) is 1. The molecule has 0 unspecified atom stereocenters. The van der Waals surface area contributed by atoms with Gasteiger partial charge in [-0.25, -0.2) is 4.98 Å². The average molecular weight is 204 g/mol. The summed E-state index contributed by atoms with van der Waals surface area (Å²) in [7, 11) is 0. The third kappa shape index (κ3) is 3.27. The van der Waals surface area contributed by atoms with Gasteiger partial charge >= 0.3 is 0 Å². The normalized spacial score (nSPS) is 10.8. The summed E-state index contributed by atoms with van der Waals surface area (Å²) in [6.45, 7) is 2.50. The third-order valence-corrected chi connectivity index (χ3v) is 1.63. The second kappa shape index (κ2) is 5.60. The molecular formula is C10H12N4O. The minimum Gasteiger partial charge on any atom is -0.477 e. The summed E-state index contributed by atoms with van der Waals surface area (Å²) in [6.07, 6.45) is 4.08. The second-order valence-electron chi connectivity index (χ2n) is 2.84. The molecule has 0 spiro atoms. The SMILES string of the molecule is CCCO/C(=N\C#N)c1ccc(N)nc1. The van der Waals surface area contributed by atoms with Crippen LogP contribution in [0.5, 0.6) is 0 Å². The number of pyridine rings is 1. The first-order valence-electron chi connectivity index (χ1n) is 4.59. The Hall–Kier alpha value is -2.09. The molecule has 1 rings (SSSR count). The first kappa shape index (κ1) is 11.0. The molecule has 0 aliphatic rings. The van der Waals surface area contributed by atoms with E-state index in [1.165, 1.54) is 6.20 Å². The van der Waals surface area contributed by atoms with E-state index in [1.807, 2.05) is 6.92 Å². The summed E-state index contributed by atoms with van der Waals surface area (Å²) in [4.78, 5) is 7.48. The van der Waals surface area contributed by atoms with Crippen LogP contribution in [0, 0.1) is 11.5 Å². The number of nitrogens with zero attached hydrogens (tertiary/aromatic N) is 3. The van der Waals surface area contributed by atoms with Gasteiger partial charge in [0.2, 0.25) is 12.1 Å². The lowest BCUT2D eigenvalue weighted by Gasteiger charge is -2.06. The lowest BCUT2D eigenvalue weighted by Crippen LogP contribution is -2.08. The Morgan fingerprint density at radius 3 is 3.00 bits per heavy atom. The Morgan fingerprint density at radius 1 is 1.67 bits per heavy atom. The van der Waals surface area contributed by atoms with Crippen LogP contribution in [0.1, 0.15) is 18.9 Å². The minimum absolute atomic E-state index is 0.284. The molecule has 15 heavy (non-hydrogen) atoms. The van der Waals surface area contributed by atoms with Crippen molar-refractivity contribution >= 4 is 11.7 Å². The maximum Gasteiger partial charge on any atom is 0.233 e. The molecule has 1 aromatic rings. The molecule has 0 bridgehead atoms. The largest absolute Gasteiger partial charge is 0.477 e. The van der Waals surface area contributed by atoms with Crippen LogP contribution >= 0.6 is 0 Å². The fraction of sp³-hybridized carbons (Fsp3) is 0.300. The number of anilines is 1. The predicted molar refractivity (Wildman–Crippen MR) is 57.0 cm³/mol. The van der Waals surface area contributed by atoms with E-state index in [9.17, 15) is 0 Å². The third-order valence-electron chi connectivity index (χ3n) is 1.63. The highest BCUT2D eigenvalue weighted by Crippen LogP contribution is 2.04. The lowest BCUT2D eigenvalue weighted by atomic mass is 10.3. The molecule has 2 N–H and O–H groups in total. The van der Waals surface area contributed by atoms with Crippen LogP contribution in [0.25, 0.3) is 0 Å². The Bertz CT molecular complexity index is 377. The molecule has 1 aromatic heterocycles. The number of nitrogen functional groups attached to an aromatic ring is 1. The van der Waals surface area contributed by atoms with Crippen molar-refractivity contribution < 1.29 is 4.74 Å². The van der Waals surface area contributed by atoms with Crippen molar-refractivity contribution in [3.05, 3.63) is 23.9 Å². The second-order valence-corrected chi connectivity index (χ2v) is 2.84. The zero-order valence-electron chi connectivity index (χ0n) is 8.47. The average Bonchev–Trinajstić information content (AvgIpc) is 2.25. The van der Waals surface area contributed by atoms with E-state index in [2.05, 4.69) is 9.98 Å². The first-order chi connectivity index (χ1) is 7.27. The highest BCUT2D eigenvalue weighted by molar-refractivity contribution is 5.94. The van der Waals surface area contributed by atoms with Crippen molar-refractivity contribution in [2.45, 2.75) is 13.3 Å². The highest BCUT2D eigenvalue weighted by atomic mass is 16.5.